The molecular formula is C9H9N3O7. The van der Waals surface area contributed by atoms with Gasteiger partial charge in [-0.05, 0) is 6.92 Å². The largest absolute Gasteiger partial charge is 0.480 e. The normalized spacial score (nSPS) is 10.2. The third-order valence-corrected chi connectivity index (χ3v) is 2.10. The third kappa shape index (κ3) is 3.12. The molecule has 0 saturated carbocycles. The molecule has 19 heavy (non-hydrogen) atoms. The summed E-state index contributed by atoms with van der Waals surface area (Å²) in [4.78, 5) is 54.4. The van der Waals surface area contributed by atoms with Crippen molar-refractivity contribution in [1.82, 2.24) is 9.13 Å². The van der Waals surface area contributed by atoms with Crippen LogP contribution in [-0.4, -0.2) is 30.9 Å². The Balaban J connectivity index is 3.60. The number of rotatable bonds is 5. The molecule has 1 aromatic heterocycles. The first-order valence-corrected chi connectivity index (χ1v) is 4.94. The second kappa shape index (κ2) is 5.25. The topological polar surface area (TPSA) is 142 Å². The Morgan fingerprint density at radius 2 is 1.95 bits per heavy atom. The van der Waals surface area contributed by atoms with Crippen molar-refractivity contribution >= 4 is 17.4 Å². The molecule has 1 aromatic rings. The second-order valence-corrected chi connectivity index (χ2v) is 3.67. The summed E-state index contributed by atoms with van der Waals surface area (Å²) in [5.74, 6) is -1.98. The number of ketones is 1. The number of Topliss-reactive ketones (excluding diaryl/α,β-unsaturated/α-hetero) is 1. The van der Waals surface area contributed by atoms with Gasteiger partial charge < -0.3 is 5.11 Å². The van der Waals surface area contributed by atoms with Crippen LogP contribution in [-0.2, 0) is 22.7 Å². The van der Waals surface area contributed by atoms with Gasteiger partial charge in [-0.3, -0.25) is 29.1 Å². The number of hydrogen-bond acceptors (Lipinski definition) is 6. The highest BCUT2D eigenvalue weighted by Crippen LogP contribution is 2.00. The number of hydrogen-bond donors (Lipinski definition) is 1. The van der Waals surface area contributed by atoms with Gasteiger partial charge in [0.1, 0.15) is 12.3 Å². The molecule has 0 spiro atoms. The SMILES string of the molecule is CC(=O)Cn1c(=O)c([N+](=O)[O-])cn(CC(=O)O)c1=O. The first-order chi connectivity index (χ1) is 8.73. The smallest absolute Gasteiger partial charge is 0.350 e. The lowest BCUT2D eigenvalue weighted by molar-refractivity contribution is -0.387. The van der Waals surface area contributed by atoms with Gasteiger partial charge in [0.2, 0.25) is 0 Å². The van der Waals surface area contributed by atoms with E-state index in [4.69, 9.17) is 5.11 Å². The lowest BCUT2D eigenvalue weighted by atomic mass is 10.4. The summed E-state index contributed by atoms with van der Waals surface area (Å²) in [6.45, 7) is -0.414. The van der Waals surface area contributed by atoms with E-state index in [1.165, 1.54) is 0 Å². The number of aromatic nitrogens is 2. The highest BCUT2D eigenvalue weighted by atomic mass is 16.6. The molecule has 10 heteroatoms. The Kier molecular flexibility index (Phi) is 3.94. The van der Waals surface area contributed by atoms with Crippen molar-refractivity contribution in [2.24, 2.45) is 0 Å². The summed E-state index contributed by atoms with van der Waals surface area (Å²) in [5.41, 5.74) is -3.30. The van der Waals surface area contributed by atoms with Crippen LogP contribution in [0.15, 0.2) is 15.8 Å². The molecule has 0 aliphatic carbocycles. The first-order valence-electron chi connectivity index (χ1n) is 4.94. The molecule has 0 aliphatic rings. The minimum atomic E-state index is -1.41. The predicted molar refractivity (Wildman–Crippen MR) is 59.9 cm³/mol. The van der Waals surface area contributed by atoms with Crippen molar-refractivity contribution in [1.29, 1.82) is 0 Å². The van der Waals surface area contributed by atoms with Crippen molar-refractivity contribution in [3.05, 3.63) is 37.1 Å². The van der Waals surface area contributed by atoms with Crippen molar-refractivity contribution < 1.29 is 19.6 Å². The zero-order valence-corrected chi connectivity index (χ0v) is 9.73. The van der Waals surface area contributed by atoms with E-state index in [-0.39, 0.29) is 0 Å². The minimum absolute atomic E-state index is 0.337. The molecule has 1 heterocycles. The molecule has 0 bridgehead atoms. The molecule has 0 aromatic carbocycles. The van der Waals surface area contributed by atoms with Crippen LogP contribution in [0.5, 0.6) is 0 Å². The van der Waals surface area contributed by atoms with Crippen molar-refractivity contribution in [3.63, 3.8) is 0 Å². The van der Waals surface area contributed by atoms with Gasteiger partial charge in [-0.15, -0.1) is 0 Å². The molecule has 0 unspecified atom stereocenters. The van der Waals surface area contributed by atoms with Crippen LogP contribution in [0, 0.1) is 10.1 Å². The summed E-state index contributed by atoms with van der Waals surface area (Å²) in [5, 5.41) is 19.2. The van der Waals surface area contributed by atoms with Gasteiger partial charge >= 0.3 is 22.9 Å². The first kappa shape index (κ1) is 14.3. The number of carboxylic acid groups (broad SMARTS) is 1. The quantitative estimate of drug-likeness (QED) is 0.512. The van der Waals surface area contributed by atoms with E-state index in [1.54, 1.807) is 0 Å². The predicted octanol–water partition coefficient (Wildman–Crippen LogP) is -1.41. The van der Waals surface area contributed by atoms with E-state index in [0.717, 1.165) is 6.92 Å². The molecule has 0 saturated heterocycles. The van der Waals surface area contributed by atoms with Crippen molar-refractivity contribution in [2.75, 3.05) is 0 Å². The van der Waals surface area contributed by atoms with Gasteiger partial charge in [0, 0.05) is 0 Å². The number of carbonyl (C=O) groups is 2. The van der Waals surface area contributed by atoms with E-state index in [9.17, 15) is 29.3 Å². The van der Waals surface area contributed by atoms with Crippen molar-refractivity contribution in [3.8, 4) is 0 Å². The number of carboxylic acids is 1. The molecule has 1 rings (SSSR count). The molecule has 102 valence electrons. The number of nitro groups is 1. The van der Waals surface area contributed by atoms with Gasteiger partial charge in [0.25, 0.3) is 0 Å². The maximum atomic E-state index is 11.7. The summed E-state index contributed by atoms with van der Waals surface area (Å²) < 4.78 is 0.828. The zero-order chi connectivity index (χ0) is 14.7. The maximum Gasteiger partial charge on any atom is 0.350 e. The van der Waals surface area contributed by atoms with E-state index >= 15 is 0 Å². The molecule has 0 amide bonds. The summed E-state index contributed by atoms with van der Waals surface area (Å²) >= 11 is 0. The van der Waals surface area contributed by atoms with Gasteiger partial charge in [0.15, 0.2) is 0 Å². The molecule has 0 fully saturated rings. The van der Waals surface area contributed by atoms with Crippen molar-refractivity contribution in [2.45, 2.75) is 20.0 Å². The fraction of sp³-hybridized carbons (Fsp3) is 0.333. The van der Waals surface area contributed by atoms with Crippen LogP contribution in [0.4, 0.5) is 5.69 Å². The molecule has 0 atom stereocenters. The van der Waals surface area contributed by atoms with Crippen LogP contribution >= 0.6 is 0 Å². The van der Waals surface area contributed by atoms with E-state index in [2.05, 4.69) is 0 Å². The monoisotopic (exact) mass is 271 g/mol. The van der Waals surface area contributed by atoms with Gasteiger partial charge in [0.05, 0.1) is 17.7 Å². The molecule has 1 N–H and O–H groups in total. The van der Waals surface area contributed by atoms with E-state index in [0.29, 0.717) is 15.3 Å². The average Bonchev–Trinajstić information content (AvgIpc) is 2.26. The van der Waals surface area contributed by atoms with Crippen LogP contribution in [0.1, 0.15) is 6.92 Å². The van der Waals surface area contributed by atoms with Gasteiger partial charge in [-0.2, -0.15) is 0 Å². The summed E-state index contributed by atoms with van der Waals surface area (Å²) in [7, 11) is 0. The number of carbonyl (C=O) groups excluding carboxylic acids is 1. The Hall–Kier alpha value is -2.78. The van der Waals surface area contributed by atoms with E-state index in [1.807, 2.05) is 0 Å². The summed E-state index contributed by atoms with van der Waals surface area (Å²) in [6, 6.07) is 0. The minimum Gasteiger partial charge on any atom is -0.480 e. The number of nitrogens with zero attached hydrogens (tertiary/aromatic N) is 3. The Morgan fingerprint density at radius 1 is 1.37 bits per heavy atom. The molecular weight excluding hydrogens is 262 g/mol. The highest BCUT2D eigenvalue weighted by molar-refractivity contribution is 5.75. The standard InChI is InChI=1S/C9H9N3O7/c1-5(13)2-11-8(16)6(12(18)19)3-10(9(11)17)4-7(14)15/h3H,2,4H2,1H3,(H,14,15). The average molecular weight is 271 g/mol. The zero-order valence-electron chi connectivity index (χ0n) is 9.73. The lowest BCUT2D eigenvalue weighted by Crippen LogP contribution is -2.42. The van der Waals surface area contributed by atoms with Gasteiger partial charge in [-0.1, -0.05) is 0 Å². The van der Waals surface area contributed by atoms with Crippen LogP contribution in [0.2, 0.25) is 0 Å². The second-order valence-electron chi connectivity index (χ2n) is 3.67. The molecule has 0 aliphatic heterocycles. The van der Waals surface area contributed by atoms with Crippen LogP contribution < -0.4 is 11.2 Å². The fourth-order valence-electron chi connectivity index (χ4n) is 1.38. The van der Waals surface area contributed by atoms with E-state index < -0.39 is 46.7 Å². The third-order valence-electron chi connectivity index (χ3n) is 2.10. The van der Waals surface area contributed by atoms with Crippen LogP contribution in [0.3, 0.4) is 0 Å². The highest BCUT2D eigenvalue weighted by Gasteiger charge is 2.21. The Morgan fingerprint density at radius 3 is 2.37 bits per heavy atom. The molecule has 0 radical (unpaired) electrons. The fourth-order valence-corrected chi connectivity index (χ4v) is 1.38. The number of aliphatic carboxylic acids is 1. The van der Waals surface area contributed by atoms with Crippen LogP contribution in [0.25, 0.3) is 0 Å². The van der Waals surface area contributed by atoms with Gasteiger partial charge in [-0.25, -0.2) is 9.36 Å². The maximum absolute atomic E-state index is 11.7. The summed E-state index contributed by atoms with van der Waals surface area (Å²) in [6.07, 6.45) is 0.551. The Labute approximate surface area is 104 Å². The lowest BCUT2D eigenvalue weighted by Gasteiger charge is -2.06. The Bertz CT molecular complexity index is 669. The molecule has 10 nitrogen and oxygen atoms in total.